The molecular weight excluding hydrogens is 559 g/mol. The van der Waals surface area contributed by atoms with Crippen LogP contribution in [0.5, 0.6) is 0 Å². The number of halogens is 3. The number of aromatic nitrogens is 4. The van der Waals surface area contributed by atoms with Gasteiger partial charge in [-0.15, -0.1) is 5.10 Å². The third kappa shape index (κ3) is 6.55. The van der Waals surface area contributed by atoms with E-state index >= 15 is 0 Å². The Bertz CT molecular complexity index is 1430. The number of nitrogens with one attached hydrogen (secondary N) is 2. The van der Waals surface area contributed by atoms with E-state index in [4.69, 9.17) is 4.74 Å². The van der Waals surface area contributed by atoms with Crippen LogP contribution < -0.4 is 15.5 Å². The lowest BCUT2D eigenvalue weighted by Gasteiger charge is -2.34. The first-order valence-electron chi connectivity index (χ1n) is 13.5. The fourth-order valence-electron chi connectivity index (χ4n) is 5.01. The van der Waals surface area contributed by atoms with Crippen molar-refractivity contribution in [1.82, 2.24) is 34.7 Å². The molecule has 0 atom stereocenters. The van der Waals surface area contributed by atoms with Crippen LogP contribution in [0, 0.1) is 0 Å². The summed E-state index contributed by atoms with van der Waals surface area (Å²) in [6.07, 6.45) is -2.93. The maximum Gasteiger partial charge on any atom is 0.417 e. The highest BCUT2D eigenvalue weighted by molar-refractivity contribution is 5.84. The number of amides is 2. The minimum absolute atomic E-state index is 0.0616. The van der Waals surface area contributed by atoms with E-state index in [-0.39, 0.29) is 23.1 Å². The number of fused-ring (bicyclic) bond motifs is 1. The maximum absolute atomic E-state index is 14.2. The Morgan fingerprint density at radius 1 is 1.10 bits per heavy atom. The fraction of sp³-hybridized carbons (Fsp3) is 0.500. The minimum Gasteiger partial charge on any atom is -0.453 e. The van der Waals surface area contributed by atoms with Gasteiger partial charge in [-0.05, 0) is 24.7 Å². The highest BCUT2D eigenvalue weighted by Crippen LogP contribution is 2.38. The first-order valence-corrected chi connectivity index (χ1v) is 13.5. The average molecular weight is 592 g/mol. The minimum atomic E-state index is -4.78. The highest BCUT2D eigenvalue weighted by atomic mass is 19.4. The van der Waals surface area contributed by atoms with E-state index in [2.05, 4.69) is 35.3 Å². The fourth-order valence-corrected chi connectivity index (χ4v) is 5.01. The molecule has 2 fully saturated rings. The molecule has 5 heterocycles. The number of methoxy groups -OCH3 is 1. The number of morpholine rings is 1. The molecule has 226 valence electrons. The molecule has 2 aliphatic rings. The van der Waals surface area contributed by atoms with Gasteiger partial charge in [0.25, 0.3) is 0 Å². The van der Waals surface area contributed by atoms with Crippen molar-refractivity contribution in [3.8, 4) is 11.4 Å². The summed E-state index contributed by atoms with van der Waals surface area (Å²) in [4.78, 5) is 38.4. The first kappa shape index (κ1) is 29.5. The van der Waals surface area contributed by atoms with Crippen LogP contribution in [0.3, 0.4) is 0 Å². The third-order valence-corrected chi connectivity index (χ3v) is 7.14. The molecule has 0 aromatic carbocycles. The van der Waals surface area contributed by atoms with Gasteiger partial charge in [0.05, 0.1) is 38.0 Å². The van der Waals surface area contributed by atoms with Crippen LogP contribution in [0.1, 0.15) is 11.1 Å². The molecule has 16 heteroatoms. The molecule has 42 heavy (non-hydrogen) atoms. The molecule has 0 bridgehead atoms. The zero-order valence-electron chi connectivity index (χ0n) is 23.3. The summed E-state index contributed by atoms with van der Waals surface area (Å²) < 4.78 is 54.1. The number of nitrogens with zero attached hydrogens (tertiary/aromatic N) is 7. The monoisotopic (exact) mass is 591 g/mol. The molecule has 5 rings (SSSR count). The van der Waals surface area contributed by atoms with Crippen LogP contribution in [0.25, 0.3) is 16.9 Å². The molecule has 0 spiro atoms. The lowest BCUT2D eigenvalue weighted by molar-refractivity contribution is -0.137. The summed E-state index contributed by atoms with van der Waals surface area (Å²) in [6.45, 7) is 5.45. The lowest BCUT2D eigenvalue weighted by Crippen LogP contribution is -2.50. The Morgan fingerprint density at radius 3 is 2.50 bits per heavy atom. The quantitative estimate of drug-likeness (QED) is 0.419. The van der Waals surface area contributed by atoms with Gasteiger partial charge in [0.1, 0.15) is 11.3 Å². The molecule has 0 radical (unpaired) electrons. The molecule has 13 nitrogen and oxygen atoms in total. The molecular formula is C26H32F3N9O4. The van der Waals surface area contributed by atoms with Crippen LogP contribution in [0.2, 0.25) is 0 Å². The molecule has 2 aliphatic heterocycles. The van der Waals surface area contributed by atoms with E-state index in [1.54, 1.807) is 17.8 Å². The Kier molecular flexibility index (Phi) is 8.74. The van der Waals surface area contributed by atoms with Gasteiger partial charge in [0.2, 0.25) is 5.91 Å². The summed E-state index contributed by atoms with van der Waals surface area (Å²) >= 11 is 0. The second-order valence-electron chi connectivity index (χ2n) is 9.95. The zero-order valence-corrected chi connectivity index (χ0v) is 23.3. The number of pyridine rings is 1. The smallest absolute Gasteiger partial charge is 0.417 e. The van der Waals surface area contributed by atoms with Gasteiger partial charge < -0.3 is 24.6 Å². The average Bonchev–Trinajstić information content (AvgIpc) is 3.39. The number of likely N-dealkylation sites (N-methyl/N-ethyl adjacent to an activating group) is 1. The topological polar surface area (TPSA) is 129 Å². The number of piperazine rings is 1. The Labute approximate surface area is 239 Å². The van der Waals surface area contributed by atoms with Crippen molar-refractivity contribution in [3.63, 3.8) is 0 Å². The van der Waals surface area contributed by atoms with Gasteiger partial charge in [0, 0.05) is 58.2 Å². The predicted molar refractivity (Wildman–Crippen MR) is 146 cm³/mol. The van der Waals surface area contributed by atoms with Crippen LogP contribution in [-0.2, 0) is 27.0 Å². The van der Waals surface area contributed by atoms with Gasteiger partial charge >= 0.3 is 12.3 Å². The number of anilines is 2. The molecule has 0 unspecified atom stereocenters. The van der Waals surface area contributed by atoms with Crippen LogP contribution in [-0.4, -0.2) is 115 Å². The van der Waals surface area contributed by atoms with Crippen LogP contribution in [0.4, 0.5) is 29.6 Å². The Morgan fingerprint density at radius 2 is 1.83 bits per heavy atom. The van der Waals surface area contributed by atoms with E-state index < -0.39 is 17.8 Å². The first-order chi connectivity index (χ1) is 20.2. The van der Waals surface area contributed by atoms with E-state index in [0.717, 1.165) is 24.9 Å². The van der Waals surface area contributed by atoms with E-state index in [0.29, 0.717) is 76.9 Å². The second kappa shape index (κ2) is 12.5. The summed E-state index contributed by atoms with van der Waals surface area (Å²) in [6, 6.07) is 2.68. The van der Waals surface area contributed by atoms with Gasteiger partial charge in [-0.25, -0.2) is 19.3 Å². The molecule has 0 saturated carbocycles. The number of alkyl halides is 3. The lowest BCUT2D eigenvalue weighted by atomic mass is 10.1. The third-order valence-electron chi connectivity index (χ3n) is 7.14. The van der Waals surface area contributed by atoms with Gasteiger partial charge in [0.15, 0.2) is 11.6 Å². The Hall–Kier alpha value is -4.02. The SMILES string of the molecule is CNCC(=O)N1CCN(Cc2cc3c(N4CCOCC4)nc(-c4cnc(NC(=O)OC)cc4C(F)(F)F)nn3c2)CC1. The largest absolute Gasteiger partial charge is 0.453 e. The number of rotatable bonds is 7. The number of hydrogen-bond acceptors (Lipinski definition) is 10. The summed E-state index contributed by atoms with van der Waals surface area (Å²) in [5, 5.41) is 9.51. The molecule has 2 amide bonds. The number of ether oxygens (including phenoxy) is 2. The molecule has 2 N–H and O–H groups in total. The standard InChI is InChI=1S/C26H32F3N9O4/c1-30-14-22(39)36-5-3-35(4-6-36)15-17-11-20-24(37-7-9-42-10-8-37)33-23(34-38(20)16-17)18-13-31-21(32-25(40)41-2)12-19(18)26(27,28)29/h11-13,16,30H,3-10,14-15H2,1-2H3,(H,31,32,40). The Balaban J connectivity index is 1.48. The van der Waals surface area contributed by atoms with Crippen molar-refractivity contribution < 1.29 is 32.2 Å². The molecule has 2 saturated heterocycles. The van der Waals surface area contributed by atoms with Gasteiger partial charge in [-0.2, -0.15) is 13.2 Å². The second-order valence-corrected chi connectivity index (χ2v) is 9.95. The number of carbonyl (C=O) groups excluding carboxylic acids is 2. The van der Waals surface area contributed by atoms with Gasteiger partial charge in [-0.1, -0.05) is 0 Å². The van der Waals surface area contributed by atoms with Crippen molar-refractivity contribution in [2.24, 2.45) is 0 Å². The molecule has 3 aromatic heterocycles. The maximum atomic E-state index is 14.2. The van der Waals surface area contributed by atoms with Crippen molar-refractivity contribution >= 4 is 29.2 Å². The normalized spacial score (nSPS) is 16.6. The zero-order chi connectivity index (χ0) is 29.9. The van der Waals surface area contributed by atoms with Crippen LogP contribution in [0.15, 0.2) is 24.5 Å². The number of carbonyl (C=O) groups is 2. The van der Waals surface area contributed by atoms with E-state index in [1.807, 2.05) is 15.9 Å². The van der Waals surface area contributed by atoms with Crippen molar-refractivity contribution in [2.75, 3.05) is 83.4 Å². The van der Waals surface area contributed by atoms with Crippen molar-refractivity contribution in [3.05, 3.63) is 35.7 Å². The summed E-state index contributed by atoms with van der Waals surface area (Å²) in [5.41, 5.74) is 0.197. The summed E-state index contributed by atoms with van der Waals surface area (Å²) in [7, 11) is 2.84. The van der Waals surface area contributed by atoms with Crippen molar-refractivity contribution in [2.45, 2.75) is 12.7 Å². The summed E-state index contributed by atoms with van der Waals surface area (Å²) in [5.74, 6) is 0.0733. The number of hydrogen-bond donors (Lipinski definition) is 2. The molecule has 3 aromatic rings. The highest BCUT2D eigenvalue weighted by Gasteiger charge is 2.36. The van der Waals surface area contributed by atoms with Gasteiger partial charge in [-0.3, -0.25) is 15.0 Å². The molecule has 0 aliphatic carbocycles. The predicted octanol–water partition coefficient (Wildman–Crippen LogP) is 1.69. The van der Waals surface area contributed by atoms with Crippen molar-refractivity contribution in [1.29, 1.82) is 0 Å². The van der Waals surface area contributed by atoms with Crippen LogP contribution >= 0.6 is 0 Å². The van der Waals surface area contributed by atoms with E-state index in [1.165, 1.54) is 0 Å². The van der Waals surface area contributed by atoms with E-state index in [9.17, 15) is 22.8 Å².